The lowest BCUT2D eigenvalue weighted by molar-refractivity contribution is -0.140. The molecule has 12 N–H and O–H groups in total. The summed E-state index contributed by atoms with van der Waals surface area (Å²) in [6.07, 6.45) is -3.53. The molecule has 0 radical (unpaired) electrons. The molecule has 4 atom stereocenters. The Labute approximate surface area is 227 Å². The Kier molecular flexibility index (Phi) is 9.03. The monoisotopic (exact) mass is 557 g/mol. The molecule has 15 nitrogen and oxygen atoms in total. The Morgan fingerprint density at radius 3 is 2.58 bits per heavy atom. The van der Waals surface area contributed by atoms with Crippen LogP contribution in [0.3, 0.4) is 0 Å². The van der Waals surface area contributed by atoms with E-state index in [1.807, 2.05) is 0 Å². The molecule has 15 heteroatoms. The van der Waals surface area contributed by atoms with Crippen LogP contribution >= 0.6 is 0 Å². The highest BCUT2D eigenvalue weighted by Crippen LogP contribution is 2.31. The Morgan fingerprint density at radius 1 is 1.10 bits per heavy atom. The summed E-state index contributed by atoms with van der Waals surface area (Å²) < 4.78 is 0. The van der Waals surface area contributed by atoms with Gasteiger partial charge in [0.25, 0.3) is 0 Å². The number of carboxylic acids is 1. The molecular weight excluding hydrogens is 526 g/mol. The molecule has 2 aromatic carbocycles. The van der Waals surface area contributed by atoms with Crippen LogP contribution in [0.4, 0.5) is 5.69 Å². The lowest BCUT2D eigenvalue weighted by atomic mass is 10.1. The molecule has 40 heavy (non-hydrogen) atoms. The molecule has 0 fully saturated rings. The number of carboxylic acid groups (broad SMARTS) is 1. The van der Waals surface area contributed by atoms with Crippen molar-refractivity contribution in [3.63, 3.8) is 0 Å². The first kappa shape index (κ1) is 28.6. The molecule has 3 aromatic rings. The molecule has 0 spiro atoms. The quantitative estimate of drug-likeness (QED) is 0.124. The number of guanidine groups is 1. The van der Waals surface area contributed by atoms with Crippen LogP contribution in [-0.2, 0) is 9.59 Å². The molecule has 214 valence electrons. The molecule has 1 amide bonds. The van der Waals surface area contributed by atoms with Crippen LogP contribution in [0.1, 0.15) is 23.7 Å². The number of phenolic OH excluding ortho intramolecular Hbond substituents is 1. The number of aromatic nitrogens is 1. The zero-order valence-electron chi connectivity index (χ0n) is 21.1. The summed E-state index contributed by atoms with van der Waals surface area (Å²) in [4.78, 5) is 31.0. The number of phenols is 1. The summed E-state index contributed by atoms with van der Waals surface area (Å²) in [7, 11) is 0. The van der Waals surface area contributed by atoms with Gasteiger partial charge < -0.3 is 51.6 Å². The number of rotatable bonds is 11. The van der Waals surface area contributed by atoms with E-state index < -0.39 is 49.6 Å². The van der Waals surface area contributed by atoms with E-state index in [1.165, 1.54) is 18.2 Å². The number of aliphatic hydroxyl groups is 3. The van der Waals surface area contributed by atoms with Crippen LogP contribution in [0.2, 0.25) is 0 Å². The fourth-order valence-corrected chi connectivity index (χ4v) is 4.04. The number of aromatic amines is 1. The van der Waals surface area contributed by atoms with Crippen molar-refractivity contribution >= 4 is 34.4 Å². The second-order valence-electron chi connectivity index (χ2n) is 9.14. The van der Waals surface area contributed by atoms with Crippen molar-refractivity contribution in [1.82, 2.24) is 26.3 Å². The number of carbonyl (C=O) groups excluding carboxylic acids is 1. The minimum Gasteiger partial charge on any atom is -0.508 e. The molecule has 0 saturated carbocycles. The number of fused-ring (bicyclic) bond motifs is 1. The van der Waals surface area contributed by atoms with Gasteiger partial charge >= 0.3 is 5.97 Å². The SMILES string of the molecule is O=C(CNC(O)c1cc(O)cc(NC2=NCC(O)CN2)c1)NC[C@H](NC(O)c1[nH]c2ccccc2c1O)C(=O)O. The van der Waals surface area contributed by atoms with Gasteiger partial charge in [-0.05, 0) is 24.3 Å². The maximum Gasteiger partial charge on any atom is 0.322 e. The Balaban J connectivity index is 1.29. The summed E-state index contributed by atoms with van der Waals surface area (Å²) in [5, 5.41) is 74.1. The molecule has 3 unspecified atom stereocenters. The first-order valence-electron chi connectivity index (χ1n) is 12.3. The average Bonchev–Trinajstić information content (AvgIpc) is 3.27. The predicted octanol–water partition coefficient (Wildman–Crippen LogP) is -1.26. The summed E-state index contributed by atoms with van der Waals surface area (Å²) in [6.45, 7) is -0.292. The van der Waals surface area contributed by atoms with Gasteiger partial charge in [0, 0.05) is 41.3 Å². The highest BCUT2D eigenvalue weighted by atomic mass is 16.4. The van der Waals surface area contributed by atoms with E-state index in [1.54, 1.807) is 24.3 Å². The van der Waals surface area contributed by atoms with E-state index in [4.69, 9.17) is 0 Å². The molecule has 0 saturated heterocycles. The zero-order chi connectivity index (χ0) is 28.8. The Hall–Kier alpha value is -4.41. The molecule has 1 aliphatic rings. The van der Waals surface area contributed by atoms with Crippen molar-refractivity contribution in [3.05, 3.63) is 53.7 Å². The molecule has 4 rings (SSSR count). The van der Waals surface area contributed by atoms with Gasteiger partial charge in [-0.1, -0.05) is 12.1 Å². The number of hydrogen-bond acceptors (Lipinski definition) is 12. The third kappa shape index (κ3) is 7.16. The number of β-amino-alcohol motifs (C(OH)–C–C–N with tert-alkyl or cyclic N) is 1. The number of amides is 1. The number of nitrogens with zero attached hydrogens (tertiary/aromatic N) is 1. The predicted molar refractivity (Wildman–Crippen MR) is 143 cm³/mol. The number of aromatic hydroxyl groups is 2. The van der Waals surface area contributed by atoms with E-state index in [2.05, 4.69) is 36.6 Å². The van der Waals surface area contributed by atoms with Crippen molar-refractivity contribution < 1.29 is 40.2 Å². The number of benzene rings is 2. The second-order valence-corrected chi connectivity index (χ2v) is 9.14. The number of hydrogen-bond donors (Lipinski definition) is 12. The number of anilines is 1. The highest BCUT2D eigenvalue weighted by molar-refractivity contribution is 5.94. The summed E-state index contributed by atoms with van der Waals surface area (Å²) in [6, 6.07) is 9.57. The van der Waals surface area contributed by atoms with Gasteiger partial charge in [-0.25, -0.2) is 0 Å². The molecule has 0 bridgehead atoms. The number of aliphatic imine (C=N–C) groups is 1. The van der Waals surface area contributed by atoms with Crippen molar-refractivity contribution in [2.45, 2.75) is 24.6 Å². The largest absolute Gasteiger partial charge is 0.508 e. The molecule has 2 heterocycles. The first-order valence-corrected chi connectivity index (χ1v) is 12.3. The minimum atomic E-state index is -1.57. The van der Waals surface area contributed by atoms with Crippen LogP contribution in [0.15, 0.2) is 47.5 Å². The van der Waals surface area contributed by atoms with Gasteiger partial charge in [0.15, 0.2) is 5.96 Å². The number of H-pyrrole nitrogens is 1. The highest BCUT2D eigenvalue weighted by Gasteiger charge is 2.25. The number of nitrogens with one attached hydrogen (secondary N) is 6. The van der Waals surface area contributed by atoms with Crippen LogP contribution < -0.4 is 26.6 Å². The third-order valence-electron chi connectivity index (χ3n) is 6.08. The minimum absolute atomic E-state index is 0.0209. The molecule has 1 aliphatic heterocycles. The first-order chi connectivity index (χ1) is 19.1. The maximum absolute atomic E-state index is 12.3. The fourth-order valence-electron chi connectivity index (χ4n) is 4.04. The lowest BCUT2D eigenvalue weighted by Crippen LogP contribution is -2.49. The van der Waals surface area contributed by atoms with Gasteiger partial charge in [-0.15, -0.1) is 0 Å². The van der Waals surface area contributed by atoms with Gasteiger partial charge in [0.1, 0.15) is 35.7 Å². The number of para-hydroxylation sites is 1. The smallest absolute Gasteiger partial charge is 0.322 e. The molecule has 1 aromatic heterocycles. The van der Waals surface area contributed by atoms with E-state index in [-0.39, 0.29) is 29.3 Å². The van der Waals surface area contributed by atoms with E-state index in [0.29, 0.717) is 29.1 Å². The van der Waals surface area contributed by atoms with Gasteiger partial charge in [-0.2, -0.15) is 0 Å². The van der Waals surface area contributed by atoms with Crippen molar-refractivity contribution in [2.24, 2.45) is 4.99 Å². The normalized spacial score (nSPS) is 17.4. The third-order valence-corrected chi connectivity index (χ3v) is 6.08. The maximum atomic E-state index is 12.3. The van der Waals surface area contributed by atoms with Crippen molar-refractivity contribution in [1.29, 1.82) is 0 Å². The lowest BCUT2D eigenvalue weighted by Gasteiger charge is -2.21. The standard InChI is InChI=1S/C25H31N7O8/c33-14-6-12(5-13(7-14)30-25-28-8-15(34)9-29-25)22(37)27-11-19(35)26-10-18(24(39)40)32-23(38)20-21(36)16-3-1-2-4-17(16)31-20/h1-7,15,18,22-23,27,31-34,36-38H,8-11H2,(H,26,35)(H,39,40)(H2,28,29,30)/t18-,22?,23?/m0/s1. The van der Waals surface area contributed by atoms with Crippen LogP contribution in [-0.4, -0.2) is 91.8 Å². The number of aliphatic hydroxyl groups excluding tert-OH is 3. The van der Waals surface area contributed by atoms with E-state index in [9.17, 15) is 40.2 Å². The number of aliphatic carboxylic acids is 1. The summed E-state index contributed by atoms with van der Waals surface area (Å²) in [5.74, 6) is -2.00. The fraction of sp³-hybridized carbons (Fsp3) is 0.320. The van der Waals surface area contributed by atoms with E-state index in [0.717, 1.165) is 0 Å². The summed E-state index contributed by atoms with van der Waals surface area (Å²) >= 11 is 0. The van der Waals surface area contributed by atoms with Crippen LogP contribution in [0.5, 0.6) is 11.5 Å². The van der Waals surface area contributed by atoms with E-state index >= 15 is 0 Å². The zero-order valence-corrected chi connectivity index (χ0v) is 21.1. The average molecular weight is 558 g/mol. The van der Waals surface area contributed by atoms with Gasteiger partial charge in [-0.3, -0.25) is 25.2 Å². The molecule has 0 aliphatic carbocycles. The Bertz CT molecular complexity index is 1390. The van der Waals surface area contributed by atoms with Crippen molar-refractivity contribution in [3.8, 4) is 11.5 Å². The van der Waals surface area contributed by atoms with Crippen LogP contribution in [0.25, 0.3) is 10.9 Å². The summed E-state index contributed by atoms with van der Waals surface area (Å²) in [5.41, 5.74) is 1.16. The topological polar surface area (TPSA) is 244 Å². The van der Waals surface area contributed by atoms with Crippen molar-refractivity contribution in [2.75, 3.05) is 31.5 Å². The number of carbonyl (C=O) groups is 2. The second kappa shape index (κ2) is 12.6. The molecular formula is C25H31N7O8. The Morgan fingerprint density at radius 2 is 1.88 bits per heavy atom. The van der Waals surface area contributed by atoms with Gasteiger partial charge in [0.2, 0.25) is 5.91 Å². The van der Waals surface area contributed by atoms with Crippen LogP contribution in [0, 0.1) is 0 Å². The van der Waals surface area contributed by atoms with Gasteiger partial charge in [0.05, 0.1) is 19.2 Å².